The molecular formula is C25H33BrN2O3. The van der Waals surface area contributed by atoms with Gasteiger partial charge in [-0.1, -0.05) is 56.7 Å². The van der Waals surface area contributed by atoms with Gasteiger partial charge >= 0.3 is 0 Å². The number of rotatable bonds is 11. The van der Waals surface area contributed by atoms with Crippen LogP contribution in [0, 0.1) is 6.92 Å². The SMILES string of the molecule is CCCNC(=O)[C@H](CC)N(Cc1ccc(C)cc1)C(=O)COc1ccc(CC)cc1Br. The number of hydrogen-bond donors (Lipinski definition) is 1. The first-order valence-corrected chi connectivity index (χ1v) is 11.7. The third-order valence-corrected chi connectivity index (χ3v) is 5.78. The molecule has 0 radical (unpaired) electrons. The van der Waals surface area contributed by atoms with E-state index in [9.17, 15) is 9.59 Å². The van der Waals surface area contributed by atoms with Crippen LogP contribution in [0.1, 0.15) is 50.3 Å². The molecule has 0 aliphatic carbocycles. The van der Waals surface area contributed by atoms with Crippen molar-refractivity contribution in [3.63, 3.8) is 0 Å². The van der Waals surface area contributed by atoms with Gasteiger partial charge in [0.05, 0.1) is 4.47 Å². The molecule has 0 saturated heterocycles. The molecule has 0 aliphatic heterocycles. The number of amides is 2. The average molecular weight is 489 g/mol. The van der Waals surface area contributed by atoms with E-state index in [0.717, 1.165) is 28.4 Å². The fourth-order valence-corrected chi connectivity index (χ4v) is 3.82. The van der Waals surface area contributed by atoms with E-state index in [-0.39, 0.29) is 18.4 Å². The van der Waals surface area contributed by atoms with Crippen LogP contribution in [0.5, 0.6) is 5.75 Å². The van der Waals surface area contributed by atoms with Crippen LogP contribution in [-0.2, 0) is 22.6 Å². The van der Waals surface area contributed by atoms with Crippen LogP contribution in [0.25, 0.3) is 0 Å². The largest absolute Gasteiger partial charge is 0.483 e. The Balaban J connectivity index is 2.19. The molecule has 0 unspecified atom stereocenters. The molecule has 31 heavy (non-hydrogen) atoms. The van der Waals surface area contributed by atoms with Crippen molar-refractivity contribution in [2.75, 3.05) is 13.2 Å². The van der Waals surface area contributed by atoms with Crippen LogP contribution in [-0.4, -0.2) is 35.9 Å². The van der Waals surface area contributed by atoms with E-state index in [1.165, 1.54) is 5.56 Å². The van der Waals surface area contributed by atoms with Crippen molar-refractivity contribution in [1.82, 2.24) is 10.2 Å². The van der Waals surface area contributed by atoms with E-state index in [1.807, 2.05) is 63.2 Å². The van der Waals surface area contributed by atoms with E-state index < -0.39 is 6.04 Å². The Labute approximate surface area is 194 Å². The molecule has 0 spiro atoms. The highest BCUT2D eigenvalue weighted by atomic mass is 79.9. The Hall–Kier alpha value is -2.34. The van der Waals surface area contributed by atoms with Crippen molar-refractivity contribution >= 4 is 27.7 Å². The summed E-state index contributed by atoms with van der Waals surface area (Å²) in [6.45, 7) is 8.86. The first-order chi connectivity index (χ1) is 14.9. The first-order valence-electron chi connectivity index (χ1n) is 10.9. The van der Waals surface area contributed by atoms with Crippen molar-refractivity contribution in [2.24, 2.45) is 0 Å². The van der Waals surface area contributed by atoms with E-state index in [4.69, 9.17) is 4.74 Å². The molecule has 0 saturated carbocycles. The smallest absolute Gasteiger partial charge is 0.261 e. The number of carbonyl (C=O) groups is 2. The summed E-state index contributed by atoms with van der Waals surface area (Å²) < 4.78 is 6.64. The second kappa shape index (κ2) is 12.5. The average Bonchev–Trinajstić information content (AvgIpc) is 2.77. The van der Waals surface area contributed by atoms with Gasteiger partial charge in [-0.25, -0.2) is 0 Å². The summed E-state index contributed by atoms with van der Waals surface area (Å²) in [5, 5.41) is 2.93. The topological polar surface area (TPSA) is 58.6 Å². The zero-order valence-electron chi connectivity index (χ0n) is 18.9. The quantitative estimate of drug-likeness (QED) is 0.482. The molecule has 2 rings (SSSR count). The standard InChI is InChI=1S/C25H33BrN2O3/c1-5-14-27-25(30)22(7-3)28(16-20-10-8-18(4)9-11-20)24(29)17-31-23-13-12-19(6-2)15-21(23)26/h8-13,15,22H,5-7,14,16-17H2,1-4H3,(H,27,30)/t22-/m0/s1. The van der Waals surface area contributed by atoms with Crippen LogP contribution in [0.4, 0.5) is 0 Å². The fraction of sp³-hybridized carbons (Fsp3) is 0.440. The second-order valence-corrected chi connectivity index (χ2v) is 8.48. The number of ether oxygens (including phenoxy) is 1. The molecule has 0 fully saturated rings. The maximum Gasteiger partial charge on any atom is 0.261 e. The summed E-state index contributed by atoms with van der Waals surface area (Å²) in [5.74, 6) is 0.271. The Morgan fingerprint density at radius 3 is 2.32 bits per heavy atom. The lowest BCUT2D eigenvalue weighted by molar-refractivity contribution is -0.143. The number of aryl methyl sites for hydroxylation is 2. The molecule has 2 amide bonds. The van der Waals surface area contributed by atoms with Crippen molar-refractivity contribution in [3.05, 3.63) is 63.6 Å². The van der Waals surface area contributed by atoms with Gasteiger partial charge in [0, 0.05) is 13.1 Å². The number of benzene rings is 2. The number of halogens is 1. The lowest BCUT2D eigenvalue weighted by Crippen LogP contribution is -2.50. The van der Waals surface area contributed by atoms with E-state index in [2.05, 4.69) is 28.2 Å². The fourth-order valence-electron chi connectivity index (χ4n) is 3.28. The van der Waals surface area contributed by atoms with Crippen LogP contribution < -0.4 is 10.1 Å². The van der Waals surface area contributed by atoms with Crippen LogP contribution in [0.15, 0.2) is 46.9 Å². The van der Waals surface area contributed by atoms with Gasteiger partial charge in [-0.2, -0.15) is 0 Å². The minimum absolute atomic E-state index is 0.127. The zero-order valence-corrected chi connectivity index (χ0v) is 20.5. The maximum absolute atomic E-state index is 13.2. The highest BCUT2D eigenvalue weighted by molar-refractivity contribution is 9.10. The first kappa shape index (κ1) is 24.9. The predicted molar refractivity (Wildman–Crippen MR) is 128 cm³/mol. The van der Waals surface area contributed by atoms with E-state index >= 15 is 0 Å². The summed E-state index contributed by atoms with van der Waals surface area (Å²) >= 11 is 3.52. The number of nitrogens with one attached hydrogen (secondary N) is 1. The predicted octanol–water partition coefficient (Wildman–Crippen LogP) is 5.03. The zero-order chi connectivity index (χ0) is 22.8. The molecular weight excluding hydrogens is 456 g/mol. The number of carbonyl (C=O) groups excluding carboxylic acids is 2. The summed E-state index contributed by atoms with van der Waals surface area (Å²) in [4.78, 5) is 27.6. The summed E-state index contributed by atoms with van der Waals surface area (Å²) in [5.41, 5.74) is 3.32. The molecule has 1 N–H and O–H groups in total. The van der Waals surface area contributed by atoms with Crippen LogP contribution >= 0.6 is 15.9 Å². The molecule has 0 heterocycles. The van der Waals surface area contributed by atoms with Gasteiger partial charge in [0.2, 0.25) is 5.91 Å². The van der Waals surface area contributed by atoms with Gasteiger partial charge in [0.1, 0.15) is 11.8 Å². The maximum atomic E-state index is 13.2. The Bertz CT molecular complexity index is 868. The molecule has 6 heteroatoms. The summed E-state index contributed by atoms with van der Waals surface area (Å²) in [7, 11) is 0. The Morgan fingerprint density at radius 1 is 1.06 bits per heavy atom. The highest BCUT2D eigenvalue weighted by Crippen LogP contribution is 2.26. The third-order valence-electron chi connectivity index (χ3n) is 5.16. The summed E-state index contributed by atoms with van der Waals surface area (Å²) in [6, 6.07) is 13.3. The van der Waals surface area contributed by atoms with Gasteiger partial charge < -0.3 is 15.0 Å². The molecule has 0 aliphatic rings. The van der Waals surface area contributed by atoms with Crippen LogP contribution in [0.2, 0.25) is 0 Å². The van der Waals surface area contributed by atoms with Gasteiger partial charge in [-0.05, 0) is 65.4 Å². The van der Waals surface area contributed by atoms with E-state index in [0.29, 0.717) is 25.3 Å². The normalized spacial score (nSPS) is 11.6. The molecule has 0 bridgehead atoms. The molecule has 1 atom stereocenters. The minimum atomic E-state index is -0.546. The third kappa shape index (κ3) is 7.39. The Morgan fingerprint density at radius 2 is 1.74 bits per heavy atom. The minimum Gasteiger partial charge on any atom is -0.483 e. The van der Waals surface area contributed by atoms with Gasteiger partial charge in [-0.3, -0.25) is 9.59 Å². The Kier molecular flexibility index (Phi) is 10.0. The molecule has 168 valence electrons. The van der Waals surface area contributed by atoms with Crippen molar-refractivity contribution < 1.29 is 14.3 Å². The summed E-state index contributed by atoms with van der Waals surface area (Å²) in [6.07, 6.45) is 2.30. The van der Waals surface area contributed by atoms with Gasteiger partial charge in [-0.15, -0.1) is 0 Å². The molecule has 5 nitrogen and oxygen atoms in total. The number of hydrogen-bond acceptors (Lipinski definition) is 3. The van der Waals surface area contributed by atoms with Gasteiger partial charge in [0.15, 0.2) is 6.61 Å². The van der Waals surface area contributed by atoms with Crippen molar-refractivity contribution in [2.45, 2.75) is 59.5 Å². The second-order valence-electron chi connectivity index (χ2n) is 7.63. The lowest BCUT2D eigenvalue weighted by atomic mass is 10.1. The number of nitrogens with zero attached hydrogens (tertiary/aromatic N) is 1. The van der Waals surface area contributed by atoms with Gasteiger partial charge in [0.25, 0.3) is 5.91 Å². The highest BCUT2D eigenvalue weighted by Gasteiger charge is 2.28. The van der Waals surface area contributed by atoms with Crippen molar-refractivity contribution in [3.8, 4) is 5.75 Å². The lowest BCUT2D eigenvalue weighted by Gasteiger charge is -2.30. The monoisotopic (exact) mass is 488 g/mol. The molecule has 0 aromatic heterocycles. The molecule has 2 aromatic carbocycles. The van der Waals surface area contributed by atoms with Crippen molar-refractivity contribution in [1.29, 1.82) is 0 Å². The molecule has 2 aromatic rings. The van der Waals surface area contributed by atoms with Crippen LogP contribution in [0.3, 0.4) is 0 Å². The van der Waals surface area contributed by atoms with E-state index in [1.54, 1.807) is 4.90 Å².